The van der Waals surface area contributed by atoms with Crippen LogP contribution in [0.25, 0.3) is 0 Å². The van der Waals surface area contributed by atoms with Crippen molar-refractivity contribution in [3.8, 4) is 0 Å². The molecule has 1 aliphatic heterocycles. The van der Waals surface area contributed by atoms with E-state index in [2.05, 4.69) is 38.6 Å². The van der Waals surface area contributed by atoms with Crippen molar-refractivity contribution >= 4 is 46.1 Å². The van der Waals surface area contributed by atoms with Gasteiger partial charge in [0.1, 0.15) is 0 Å². The van der Waals surface area contributed by atoms with Crippen LogP contribution in [0, 0.1) is 0 Å². The summed E-state index contributed by atoms with van der Waals surface area (Å²) in [7, 11) is 0. The maximum atomic E-state index is 12.5. The normalized spacial score (nSPS) is 16.4. The quantitative estimate of drug-likeness (QED) is 0.616. The van der Waals surface area contributed by atoms with Crippen LogP contribution in [0.1, 0.15) is 31.7 Å². The molecule has 0 radical (unpaired) electrons. The minimum atomic E-state index is -0.437. The van der Waals surface area contributed by atoms with Gasteiger partial charge < -0.3 is 0 Å². The van der Waals surface area contributed by atoms with Gasteiger partial charge in [0, 0.05) is 16.3 Å². The lowest BCUT2D eigenvalue weighted by Gasteiger charge is -2.34. The Morgan fingerprint density at radius 2 is 1.93 bits per heavy atom. The third-order valence-corrected chi connectivity index (χ3v) is 6.91. The number of hydrazine groups is 1. The maximum Gasteiger partial charge on any atom is 0.271 e. The summed E-state index contributed by atoms with van der Waals surface area (Å²) in [4.78, 5) is 29.5. The van der Waals surface area contributed by atoms with Crippen molar-refractivity contribution in [2.24, 2.45) is 0 Å². The molecule has 2 N–H and O–H groups in total. The van der Waals surface area contributed by atoms with Crippen molar-refractivity contribution in [3.05, 3.63) is 79.1 Å². The number of fused-ring (bicyclic) bond motifs is 1. The third-order valence-electron chi connectivity index (χ3n) is 4.66. The Labute approximate surface area is 175 Å². The largest absolute Gasteiger partial charge is 0.282 e. The highest BCUT2D eigenvalue weighted by molar-refractivity contribution is 7.10. The summed E-state index contributed by atoms with van der Waals surface area (Å²) in [6.07, 6.45) is 0.925. The van der Waals surface area contributed by atoms with Gasteiger partial charge in [0.05, 0.1) is 23.2 Å². The van der Waals surface area contributed by atoms with E-state index in [0.717, 1.165) is 13.0 Å². The molecule has 8 heteroatoms. The van der Waals surface area contributed by atoms with Gasteiger partial charge in [-0.25, -0.2) is 0 Å². The molecular weight excluding hydrogens is 414 g/mol. The molecule has 5 nitrogen and oxygen atoms in total. The fourth-order valence-corrected chi connectivity index (χ4v) is 5.38. The van der Waals surface area contributed by atoms with Crippen LogP contribution in [0.4, 0.5) is 0 Å². The summed E-state index contributed by atoms with van der Waals surface area (Å²) in [6, 6.07) is 13.1. The highest BCUT2D eigenvalue weighted by Crippen LogP contribution is 2.39. The van der Waals surface area contributed by atoms with Gasteiger partial charge in [0.15, 0.2) is 0 Å². The van der Waals surface area contributed by atoms with Crippen molar-refractivity contribution in [1.29, 1.82) is 0 Å². The molecule has 3 aromatic rings. The summed E-state index contributed by atoms with van der Waals surface area (Å²) in [6.45, 7) is 0.989. The lowest BCUT2D eigenvalue weighted by atomic mass is 9.98. The van der Waals surface area contributed by atoms with Gasteiger partial charge in [-0.2, -0.15) is 0 Å². The molecular formula is C20H18ClN3O2S2. The first-order chi connectivity index (χ1) is 13.6. The van der Waals surface area contributed by atoms with Crippen molar-refractivity contribution < 1.29 is 9.59 Å². The smallest absolute Gasteiger partial charge is 0.271 e. The first kappa shape index (κ1) is 19.1. The molecule has 1 aliphatic rings. The SMILES string of the molecule is O=C(CN1CCc2sccc2C1c1cccs1)NNC(=O)c1ccccc1Cl. The zero-order valence-corrected chi connectivity index (χ0v) is 17.2. The predicted octanol–water partition coefficient (Wildman–Crippen LogP) is 3.87. The third kappa shape index (κ3) is 3.98. The summed E-state index contributed by atoms with van der Waals surface area (Å²) in [5.74, 6) is -0.701. The number of hydrogen-bond donors (Lipinski definition) is 2. The van der Waals surface area contributed by atoms with Gasteiger partial charge >= 0.3 is 0 Å². The van der Waals surface area contributed by atoms with E-state index in [4.69, 9.17) is 11.6 Å². The second-order valence-electron chi connectivity index (χ2n) is 6.42. The molecule has 0 saturated carbocycles. The van der Waals surface area contributed by atoms with E-state index in [1.54, 1.807) is 46.9 Å². The van der Waals surface area contributed by atoms with Gasteiger partial charge in [-0.1, -0.05) is 29.8 Å². The van der Waals surface area contributed by atoms with Crippen LogP contribution in [0.5, 0.6) is 0 Å². The number of halogens is 1. The molecule has 144 valence electrons. The maximum absolute atomic E-state index is 12.5. The van der Waals surface area contributed by atoms with Crippen LogP contribution in [0.15, 0.2) is 53.2 Å². The first-order valence-electron chi connectivity index (χ1n) is 8.81. The Morgan fingerprint density at radius 3 is 2.71 bits per heavy atom. The van der Waals surface area contributed by atoms with Crippen molar-refractivity contribution in [2.45, 2.75) is 12.5 Å². The molecule has 2 aromatic heterocycles. The van der Waals surface area contributed by atoms with Gasteiger partial charge in [0.25, 0.3) is 11.8 Å². The second kappa shape index (κ2) is 8.45. The molecule has 3 heterocycles. The molecule has 2 amide bonds. The van der Waals surface area contributed by atoms with Crippen LogP contribution in [0.2, 0.25) is 5.02 Å². The number of benzene rings is 1. The molecule has 1 atom stereocenters. The molecule has 0 spiro atoms. The molecule has 1 unspecified atom stereocenters. The van der Waals surface area contributed by atoms with E-state index < -0.39 is 5.91 Å². The van der Waals surface area contributed by atoms with Crippen LogP contribution in [-0.4, -0.2) is 29.8 Å². The van der Waals surface area contributed by atoms with E-state index in [-0.39, 0.29) is 18.5 Å². The number of nitrogens with one attached hydrogen (secondary N) is 2. The minimum Gasteiger partial charge on any atom is -0.282 e. The Balaban J connectivity index is 1.42. The van der Waals surface area contributed by atoms with E-state index in [1.165, 1.54) is 15.3 Å². The van der Waals surface area contributed by atoms with Crippen LogP contribution < -0.4 is 10.9 Å². The van der Waals surface area contributed by atoms with E-state index >= 15 is 0 Å². The Hall–Kier alpha value is -2.19. The van der Waals surface area contributed by atoms with Crippen LogP contribution in [-0.2, 0) is 11.2 Å². The van der Waals surface area contributed by atoms with E-state index in [0.29, 0.717) is 10.6 Å². The topological polar surface area (TPSA) is 61.4 Å². The van der Waals surface area contributed by atoms with Gasteiger partial charge in [-0.15, -0.1) is 22.7 Å². The fourth-order valence-electron chi connectivity index (χ4n) is 3.38. The second-order valence-corrected chi connectivity index (χ2v) is 8.81. The predicted molar refractivity (Wildman–Crippen MR) is 113 cm³/mol. The highest BCUT2D eigenvalue weighted by Gasteiger charge is 2.31. The Morgan fingerprint density at radius 1 is 1.07 bits per heavy atom. The lowest BCUT2D eigenvalue weighted by Crippen LogP contribution is -2.48. The zero-order chi connectivity index (χ0) is 19.5. The van der Waals surface area contributed by atoms with Crippen molar-refractivity contribution in [2.75, 3.05) is 13.1 Å². The number of carbonyl (C=O) groups excluding carboxylic acids is 2. The van der Waals surface area contributed by atoms with Gasteiger partial charge in [0.2, 0.25) is 0 Å². The molecule has 28 heavy (non-hydrogen) atoms. The minimum absolute atomic E-state index is 0.0695. The number of hydrogen-bond acceptors (Lipinski definition) is 5. The molecule has 4 rings (SSSR count). The van der Waals surface area contributed by atoms with Crippen molar-refractivity contribution in [1.82, 2.24) is 15.8 Å². The number of carbonyl (C=O) groups is 2. The number of rotatable bonds is 4. The summed E-state index contributed by atoms with van der Waals surface area (Å²) < 4.78 is 0. The molecule has 0 aliphatic carbocycles. The molecule has 0 bridgehead atoms. The summed E-state index contributed by atoms with van der Waals surface area (Å²) >= 11 is 9.48. The van der Waals surface area contributed by atoms with E-state index in [9.17, 15) is 9.59 Å². The van der Waals surface area contributed by atoms with Gasteiger partial charge in [-0.3, -0.25) is 25.3 Å². The number of amides is 2. The first-order valence-corrected chi connectivity index (χ1v) is 10.9. The molecule has 0 fully saturated rings. The van der Waals surface area contributed by atoms with Crippen LogP contribution in [0.3, 0.4) is 0 Å². The number of nitrogens with zero attached hydrogens (tertiary/aromatic N) is 1. The lowest BCUT2D eigenvalue weighted by molar-refractivity contribution is -0.123. The average molecular weight is 432 g/mol. The van der Waals surface area contributed by atoms with E-state index in [1.807, 2.05) is 6.07 Å². The van der Waals surface area contributed by atoms with Crippen LogP contribution >= 0.6 is 34.3 Å². The summed E-state index contributed by atoms with van der Waals surface area (Å²) in [5.41, 5.74) is 6.55. The fraction of sp³-hybridized carbons (Fsp3) is 0.200. The molecule has 0 saturated heterocycles. The zero-order valence-electron chi connectivity index (χ0n) is 14.9. The van der Waals surface area contributed by atoms with Crippen molar-refractivity contribution in [3.63, 3.8) is 0 Å². The Kier molecular flexibility index (Phi) is 5.77. The number of thiophene rings is 2. The standard InChI is InChI=1S/C20H18ClN3O2S2/c21-15-5-2-1-4-13(15)20(26)23-22-18(25)12-24-9-7-16-14(8-11-28-16)19(24)17-6-3-10-27-17/h1-6,8,10-11,19H,7,9,12H2,(H,22,25)(H,23,26). The van der Waals surface area contributed by atoms with Gasteiger partial charge in [-0.05, 0) is 47.0 Å². The monoisotopic (exact) mass is 431 g/mol. The highest BCUT2D eigenvalue weighted by atomic mass is 35.5. The average Bonchev–Trinajstić information content (AvgIpc) is 3.38. The molecule has 1 aromatic carbocycles. The summed E-state index contributed by atoms with van der Waals surface area (Å²) in [5, 5.41) is 4.50. The Bertz CT molecular complexity index is 987.